The van der Waals surface area contributed by atoms with Crippen molar-refractivity contribution < 1.29 is 0 Å². The van der Waals surface area contributed by atoms with E-state index in [0.717, 1.165) is 17.7 Å². The lowest BCUT2D eigenvalue weighted by molar-refractivity contribution is 1.28. The van der Waals surface area contributed by atoms with Crippen molar-refractivity contribution in [3.63, 3.8) is 0 Å². The molecule has 0 spiro atoms. The van der Waals surface area contributed by atoms with Crippen molar-refractivity contribution in [1.29, 1.82) is 0 Å². The minimum atomic E-state index is 0.288. The second kappa shape index (κ2) is 4.62. The summed E-state index contributed by atoms with van der Waals surface area (Å²) < 4.78 is 0. The lowest BCUT2D eigenvalue weighted by Crippen LogP contribution is -2.19. The molecule has 0 heterocycles. The number of benzene rings is 1. The number of hydrogen-bond donors (Lipinski definition) is 2. The summed E-state index contributed by atoms with van der Waals surface area (Å²) in [6.45, 7) is 3.68. The Morgan fingerprint density at radius 1 is 1.54 bits per heavy atom. The van der Waals surface area contributed by atoms with Crippen LogP contribution in [-0.4, -0.2) is 5.11 Å². The number of hydrogen-bond acceptors (Lipinski definition) is 1. The Morgan fingerprint density at radius 2 is 2.23 bits per heavy atom. The molecule has 3 N–H and O–H groups in total. The molecule has 1 aromatic rings. The van der Waals surface area contributed by atoms with Gasteiger partial charge < -0.3 is 11.1 Å². The summed E-state index contributed by atoms with van der Waals surface area (Å²) in [4.78, 5) is 0. The molecule has 0 saturated carbocycles. The maximum Gasteiger partial charge on any atom is 0.168 e. The molecule has 0 radical (unpaired) electrons. The summed E-state index contributed by atoms with van der Waals surface area (Å²) in [5, 5.41) is 3.21. The van der Waals surface area contributed by atoms with Gasteiger partial charge in [0.25, 0.3) is 0 Å². The number of nitrogens with one attached hydrogen (secondary N) is 1. The first-order chi connectivity index (χ1) is 6.24. The topological polar surface area (TPSA) is 38.0 Å². The Bertz CT molecular complexity index is 320. The molecule has 68 valence electrons. The van der Waals surface area contributed by atoms with E-state index in [0.29, 0.717) is 0 Å². The van der Waals surface area contributed by atoms with E-state index in [1.54, 1.807) is 0 Å². The molecule has 0 unspecified atom stereocenters. The summed E-state index contributed by atoms with van der Waals surface area (Å²) in [7, 11) is 0. The van der Waals surface area contributed by atoms with Crippen LogP contribution in [0, 0.1) is 0 Å². The lowest BCUT2D eigenvalue weighted by Gasteiger charge is -2.08. The van der Waals surface area contributed by atoms with Crippen molar-refractivity contribution in [2.45, 2.75) is 6.42 Å². The van der Waals surface area contributed by atoms with E-state index < -0.39 is 0 Å². The molecule has 0 bridgehead atoms. The first kappa shape index (κ1) is 9.74. The summed E-state index contributed by atoms with van der Waals surface area (Å²) in [5.41, 5.74) is 7.48. The highest BCUT2D eigenvalue weighted by molar-refractivity contribution is 7.80. The van der Waals surface area contributed by atoms with Gasteiger partial charge in [-0.25, -0.2) is 0 Å². The first-order valence-electron chi connectivity index (χ1n) is 3.99. The predicted molar refractivity (Wildman–Crippen MR) is 60.8 cm³/mol. The molecule has 13 heavy (non-hydrogen) atoms. The highest BCUT2D eigenvalue weighted by Gasteiger charge is 1.98. The minimum absolute atomic E-state index is 0.288. The van der Waals surface area contributed by atoms with Crippen LogP contribution in [0.25, 0.3) is 0 Å². The number of rotatable bonds is 3. The van der Waals surface area contributed by atoms with Gasteiger partial charge in [0.2, 0.25) is 0 Å². The smallest absolute Gasteiger partial charge is 0.168 e. The molecule has 1 aromatic carbocycles. The zero-order valence-corrected chi connectivity index (χ0v) is 8.10. The number of thiocarbonyl (C=S) groups is 1. The molecule has 0 aliphatic rings. The summed E-state index contributed by atoms with van der Waals surface area (Å²) in [6, 6.07) is 7.87. The lowest BCUT2D eigenvalue weighted by atomic mass is 10.1. The van der Waals surface area contributed by atoms with Gasteiger partial charge in [-0.05, 0) is 30.3 Å². The van der Waals surface area contributed by atoms with Crippen molar-refractivity contribution in [1.82, 2.24) is 0 Å². The van der Waals surface area contributed by atoms with Crippen molar-refractivity contribution in [3.8, 4) is 0 Å². The number of nitrogens with two attached hydrogens (primary N) is 1. The molecular formula is C10H12N2S. The molecule has 0 fully saturated rings. The van der Waals surface area contributed by atoms with Crippen LogP contribution >= 0.6 is 12.2 Å². The van der Waals surface area contributed by atoms with Crippen molar-refractivity contribution in [3.05, 3.63) is 42.5 Å². The SMILES string of the molecule is C=CCc1ccccc1NC(N)=S. The summed E-state index contributed by atoms with van der Waals surface area (Å²) >= 11 is 4.76. The molecule has 0 aliphatic heterocycles. The third-order valence-electron chi connectivity index (χ3n) is 1.64. The number of allylic oxidation sites excluding steroid dienone is 1. The quantitative estimate of drug-likeness (QED) is 0.568. The van der Waals surface area contributed by atoms with Gasteiger partial charge in [-0.15, -0.1) is 6.58 Å². The van der Waals surface area contributed by atoms with Crippen LogP contribution in [0.15, 0.2) is 36.9 Å². The second-order valence-electron chi connectivity index (χ2n) is 2.64. The van der Waals surface area contributed by atoms with Crippen LogP contribution < -0.4 is 11.1 Å². The predicted octanol–water partition coefficient (Wildman–Crippen LogP) is 2.07. The fourth-order valence-electron chi connectivity index (χ4n) is 1.11. The highest BCUT2D eigenvalue weighted by atomic mass is 32.1. The minimum Gasteiger partial charge on any atom is -0.376 e. The second-order valence-corrected chi connectivity index (χ2v) is 3.08. The van der Waals surface area contributed by atoms with E-state index in [2.05, 4.69) is 11.9 Å². The molecule has 1 rings (SSSR count). The average Bonchev–Trinajstić information content (AvgIpc) is 2.08. The van der Waals surface area contributed by atoms with Crippen LogP contribution in [0.5, 0.6) is 0 Å². The highest BCUT2D eigenvalue weighted by Crippen LogP contribution is 2.15. The largest absolute Gasteiger partial charge is 0.376 e. The molecular weight excluding hydrogens is 180 g/mol. The first-order valence-corrected chi connectivity index (χ1v) is 4.40. The van der Waals surface area contributed by atoms with Gasteiger partial charge in [0.1, 0.15) is 0 Å². The maximum absolute atomic E-state index is 5.38. The van der Waals surface area contributed by atoms with Crippen LogP contribution in [-0.2, 0) is 6.42 Å². The van der Waals surface area contributed by atoms with Gasteiger partial charge in [-0.3, -0.25) is 0 Å². The van der Waals surface area contributed by atoms with Gasteiger partial charge in [-0.1, -0.05) is 24.3 Å². The standard InChI is InChI=1S/C10H12N2S/c1-2-5-8-6-3-4-7-9(8)12-10(11)13/h2-4,6-7H,1,5H2,(H3,11,12,13). The van der Waals surface area contributed by atoms with Crippen LogP contribution in [0.2, 0.25) is 0 Å². The van der Waals surface area contributed by atoms with E-state index in [1.807, 2.05) is 30.3 Å². The molecule has 0 aliphatic carbocycles. The normalized spacial score (nSPS) is 9.23. The van der Waals surface area contributed by atoms with E-state index in [1.165, 1.54) is 0 Å². The van der Waals surface area contributed by atoms with Crippen LogP contribution in [0.1, 0.15) is 5.56 Å². The Labute approximate surface area is 83.5 Å². The monoisotopic (exact) mass is 192 g/mol. The van der Waals surface area contributed by atoms with E-state index in [9.17, 15) is 0 Å². The van der Waals surface area contributed by atoms with Crippen LogP contribution in [0.3, 0.4) is 0 Å². The van der Waals surface area contributed by atoms with Gasteiger partial charge >= 0.3 is 0 Å². The summed E-state index contributed by atoms with van der Waals surface area (Å²) in [6.07, 6.45) is 2.66. The van der Waals surface area contributed by atoms with Gasteiger partial charge in [-0.2, -0.15) is 0 Å². The molecule has 2 nitrogen and oxygen atoms in total. The molecule has 0 atom stereocenters. The third-order valence-corrected chi connectivity index (χ3v) is 1.74. The Morgan fingerprint density at radius 3 is 2.85 bits per heavy atom. The third kappa shape index (κ3) is 2.87. The maximum atomic E-state index is 5.38. The van der Waals surface area contributed by atoms with Gasteiger partial charge in [0, 0.05) is 5.69 Å². The molecule has 0 amide bonds. The molecule has 0 saturated heterocycles. The fourth-order valence-corrected chi connectivity index (χ4v) is 1.22. The van der Waals surface area contributed by atoms with Crippen LogP contribution in [0.4, 0.5) is 5.69 Å². The summed E-state index contributed by atoms with van der Waals surface area (Å²) in [5.74, 6) is 0. The molecule has 3 heteroatoms. The van der Waals surface area contributed by atoms with Crippen molar-refractivity contribution in [2.75, 3.05) is 5.32 Å². The molecule has 0 aromatic heterocycles. The Kier molecular flexibility index (Phi) is 3.46. The Balaban J connectivity index is 2.90. The Hall–Kier alpha value is -1.35. The van der Waals surface area contributed by atoms with Gasteiger partial charge in [0.05, 0.1) is 0 Å². The van der Waals surface area contributed by atoms with E-state index >= 15 is 0 Å². The fraction of sp³-hybridized carbons (Fsp3) is 0.100. The zero-order chi connectivity index (χ0) is 9.68. The number of anilines is 1. The van der Waals surface area contributed by atoms with Gasteiger partial charge in [0.15, 0.2) is 5.11 Å². The van der Waals surface area contributed by atoms with Crippen molar-refractivity contribution >= 4 is 23.0 Å². The zero-order valence-electron chi connectivity index (χ0n) is 7.29. The number of para-hydroxylation sites is 1. The van der Waals surface area contributed by atoms with Crippen molar-refractivity contribution in [2.24, 2.45) is 5.73 Å². The van der Waals surface area contributed by atoms with E-state index in [4.69, 9.17) is 18.0 Å². The average molecular weight is 192 g/mol. The van der Waals surface area contributed by atoms with E-state index in [-0.39, 0.29) is 5.11 Å².